The summed E-state index contributed by atoms with van der Waals surface area (Å²) in [5, 5.41) is 17.4. The number of carbonyl (C=O) groups excluding carboxylic acids is 1. The molecule has 2 heterocycles. The molecule has 0 saturated heterocycles. The maximum absolute atomic E-state index is 13.1. The number of halogens is 3. The molecule has 2 aromatic rings. The first-order valence-electron chi connectivity index (χ1n) is 9.17. The predicted octanol–water partition coefficient (Wildman–Crippen LogP) is 2.42. The average molecular weight is 380 g/mol. The quantitative estimate of drug-likeness (QED) is 0.839. The molecule has 4 saturated carbocycles. The second kappa shape index (κ2) is 5.43. The van der Waals surface area contributed by atoms with Crippen LogP contribution in [-0.4, -0.2) is 37.3 Å². The van der Waals surface area contributed by atoms with Crippen molar-refractivity contribution in [2.24, 2.45) is 17.8 Å². The van der Waals surface area contributed by atoms with Crippen molar-refractivity contribution < 1.29 is 23.1 Å². The smallest absolute Gasteiger partial charge is 0.390 e. The standard InChI is InChI=1S/C18H19F3N4O2/c19-18(20,21)13-1-2-22-15-12(8-23-25(13)15)16(26)24-14-10-3-9-4-11(14)7-17(27,5-9)6-10/h1-2,8-11,14,27H,3-7H2,(H,24,26). The Balaban J connectivity index is 1.43. The number of carbonyl (C=O) groups is 1. The van der Waals surface area contributed by atoms with Gasteiger partial charge in [-0.1, -0.05) is 0 Å². The van der Waals surface area contributed by atoms with Crippen LogP contribution >= 0.6 is 0 Å². The summed E-state index contributed by atoms with van der Waals surface area (Å²) in [4.78, 5) is 16.7. The Morgan fingerprint density at radius 1 is 1.26 bits per heavy atom. The fourth-order valence-corrected chi connectivity index (χ4v) is 5.71. The minimum Gasteiger partial charge on any atom is -0.390 e. The van der Waals surface area contributed by atoms with Gasteiger partial charge in [-0.25, -0.2) is 9.50 Å². The van der Waals surface area contributed by atoms with Gasteiger partial charge in [0, 0.05) is 12.2 Å². The summed E-state index contributed by atoms with van der Waals surface area (Å²) in [5.74, 6) is 0.478. The highest BCUT2D eigenvalue weighted by Crippen LogP contribution is 2.55. The summed E-state index contributed by atoms with van der Waals surface area (Å²) < 4.78 is 40.0. The van der Waals surface area contributed by atoms with Crippen LogP contribution in [0, 0.1) is 17.8 Å². The molecule has 4 bridgehead atoms. The van der Waals surface area contributed by atoms with Gasteiger partial charge in [0.25, 0.3) is 5.91 Å². The van der Waals surface area contributed by atoms with E-state index in [0.717, 1.165) is 37.7 Å². The first-order chi connectivity index (χ1) is 12.7. The normalized spacial score (nSPS) is 35.0. The summed E-state index contributed by atoms with van der Waals surface area (Å²) in [6.45, 7) is 0. The van der Waals surface area contributed by atoms with E-state index in [9.17, 15) is 23.1 Å². The lowest BCUT2D eigenvalue weighted by atomic mass is 9.52. The summed E-state index contributed by atoms with van der Waals surface area (Å²) in [6, 6.07) is 0.773. The van der Waals surface area contributed by atoms with Gasteiger partial charge < -0.3 is 10.4 Å². The molecule has 0 radical (unpaired) electrons. The predicted molar refractivity (Wildman–Crippen MR) is 87.7 cm³/mol. The van der Waals surface area contributed by atoms with Crippen LogP contribution < -0.4 is 5.32 Å². The number of nitrogens with zero attached hydrogens (tertiary/aromatic N) is 3. The van der Waals surface area contributed by atoms with Crippen molar-refractivity contribution in [3.63, 3.8) is 0 Å². The molecule has 1 amide bonds. The average Bonchev–Trinajstić information content (AvgIpc) is 2.99. The third kappa shape index (κ3) is 2.62. The summed E-state index contributed by atoms with van der Waals surface area (Å²) in [7, 11) is 0. The Hall–Kier alpha value is -2.16. The Morgan fingerprint density at radius 2 is 1.96 bits per heavy atom. The minimum absolute atomic E-state index is 0.0358. The van der Waals surface area contributed by atoms with Crippen molar-refractivity contribution in [2.75, 3.05) is 0 Å². The van der Waals surface area contributed by atoms with Gasteiger partial charge in [-0.3, -0.25) is 4.79 Å². The fourth-order valence-electron chi connectivity index (χ4n) is 5.71. The van der Waals surface area contributed by atoms with Crippen molar-refractivity contribution in [1.29, 1.82) is 0 Å². The summed E-state index contributed by atoms with van der Waals surface area (Å²) in [6.07, 6.45) is 1.75. The van der Waals surface area contributed by atoms with E-state index in [0.29, 0.717) is 23.3 Å². The zero-order valence-electron chi connectivity index (χ0n) is 14.4. The molecule has 2 unspecified atom stereocenters. The lowest BCUT2D eigenvalue weighted by Gasteiger charge is -2.58. The summed E-state index contributed by atoms with van der Waals surface area (Å²) in [5.41, 5.74) is -1.65. The fraction of sp³-hybridized carbons (Fsp3) is 0.611. The van der Waals surface area contributed by atoms with Gasteiger partial charge in [0.2, 0.25) is 0 Å². The van der Waals surface area contributed by atoms with Crippen LogP contribution in [0.25, 0.3) is 5.65 Å². The molecule has 2 atom stereocenters. The van der Waals surface area contributed by atoms with Crippen LogP contribution in [0.4, 0.5) is 13.2 Å². The van der Waals surface area contributed by atoms with Crippen molar-refractivity contribution in [1.82, 2.24) is 19.9 Å². The zero-order valence-corrected chi connectivity index (χ0v) is 14.4. The minimum atomic E-state index is -4.59. The molecule has 4 aliphatic rings. The largest absolute Gasteiger partial charge is 0.433 e. The number of aromatic nitrogens is 3. The van der Waals surface area contributed by atoms with Crippen LogP contribution in [0.2, 0.25) is 0 Å². The number of alkyl halides is 3. The van der Waals surface area contributed by atoms with E-state index in [1.807, 2.05) is 0 Å². The van der Waals surface area contributed by atoms with E-state index in [1.165, 1.54) is 0 Å². The maximum atomic E-state index is 13.1. The molecule has 0 aliphatic heterocycles. The van der Waals surface area contributed by atoms with E-state index in [2.05, 4.69) is 15.4 Å². The molecule has 6 rings (SSSR count). The first kappa shape index (κ1) is 17.0. The van der Waals surface area contributed by atoms with Crippen LogP contribution in [-0.2, 0) is 6.18 Å². The van der Waals surface area contributed by atoms with Gasteiger partial charge in [-0.15, -0.1) is 0 Å². The van der Waals surface area contributed by atoms with E-state index < -0.39 is 23.4 Å². The van der Waals surface area contributed by atoms with Crippen LogP contribution in [0.15, 0.2) is 18.5 Å². The SMILES string of the molecule is O=C(NC1C2CC3CC1CC(O)(C3)C2)c1cnn2c(C(F)(F)F)ccnc12. The molecule has 2 aromatic heterocycles. The number of hydrogen-bond donors (Lipinski definition) is 2. The second-order valence-corrected chi connectivity index (χ2v) is 8.32. The van der Waals surface area contributed by atoms with Gasteiger partial charge in [0.1, 0.15) is 11.3 Å². The van der Waals surface area contributed by atoms with Crippen molar-refractivity contribution in [3.8, 4) is 0 Å². The van der Waals surface area contributed by atoms with Gasteiger partial charge >= 0.3 is 6.18 Å². The maximum Gasteiger partial charge on any atom is 0.433 e. The molecule has 4 fully saturated rings. The monoisotopic (exact) mass is 380 g/mol. The molecule has 6 nitrogen and oxygen atoms in total. The first-order valence-corrected chi connectivity index (χ1v) is 9.17. The lowest BCUT2D eigenvalue weighted by molar-refractivity contribution is -0.142. The van der Waals surface area contributed by atoms with E-state index in [-0.39, 0.29) is 29.1 Å². The van der Waals surface area contributed by atoms with Gasteiger partial charge in [-0.05, 0) is 55.9 Å². The molecule has 144 valence electrons. The topological polar surface area (TPSA) is 79.5 Å². The van der Waals surface area contributed by atoms with Crippen molar-refractivity contribution in [2.45, 2.75) is 49.9 Å². The third-order valence-electron chi connectivity index (χ3n) is 6.47. The van der Waals surface area contributed by atoms with E-state index in [1.54, 1.807) is 0 Å². The van der Waals surface area contributed by atoms with Gasteiger partial charge in [-0.2, -0.15) is 18.3 Å². The molecule has 27 heavy (non-hydrogen) atoms. The van der Waals surface area contributed by atoms with E-state index in [4.69, 9.17) is 0 Å². The van der Waals surface area contributed by atoms with E-state index >= 15 is 0 Å². The molecule has 0 aromatic carbocycles. The second-order valence-electron chi connectivity index (χ2n) is 8.32. The number of aliphatic hydroxyl groups is 1. The Labute approximate surface area is 152 Å². The Bertz CT molecular complexity index is 909. The highest BCUT2D eigenvalue weighted by atomic mass is 19.4. The van der Waals surface area contributed by atoms with Crippen LogP contribution in [0.5, 0.6) is 0 Å². The van der Waals surface area contributed by atoms with Gasteiger partial charge in [0.05, 0.1) is 11.8 Å². The number of amides is 1. The highest BCUT2D eigenvalue weighted by Gasteiger charge is 2.55. The summed E-state index contributed by atoms with van der Waals surface area (Å²) >= 11 is 0. The van der Waals surface area contributed by atoms with Crippen LogP contribution in [0.1, 0.15) is 48.2 Å². The molecule has 2 N–H and O–H groups in total. The number of fused-ring (bicyclic) bond motifs is 1. The highest BCUT2D eigenvalue weighted by molar-refractivity contribution is 5.99. The number of nitrogens with one attached hydrogen (secondary N) is 1. The van der Waals surface area contributed by atoms with Gasteiger partial charge in [0.15, 0.2) is 5.65 Å². The Morgan fingerprint density at radius 3 is 2.59 bits per heavy atom. The molecule has 9 heteroatoms. The third-order valence-corrected chi connectivity index (χ3v) is 6.47. The van der Waals surface area contributed by atoms with Crippen molar-refractivity contribution in [3.05, 3.63) is 29.7 Å². The molecule has 0 spiro atoms. The Kier molecular flexibility index (Phi) is 3.42. The lowest BCUT2D eigenvalue weighted by Crippen LogP contribution is -2.61. The molecule has 4 aliphatic carbocycles. The number of rotatable bonds is 2. The molecular formula is C18H19F3N4O2. The number of hydrogen-bond acceptors (Lipinski definition) is 4. The van der Waals surface area contributed by atoms with Crippen molar-refractivity contribution >= 4 is 11.6 Å². The molecular weight excluding hydrogens is 361 g/mol. The van der Waals surface area contributed by atoms with Crippen LogP contribution in [0.3, 0.4) is 0 Å². The zero-order chi connectivity index (χ0) is 19.0.